The second-order valence-corrected chi connectivity index (χ2v) is 4.67. The van der Waals surface area contributed by atoms with Crippen LogP contribution in [0.1, 0.15) is 27.2 Å². The number of hydrazine groups is 1. The van der Waals surface area contributed by atoms with Crippen LogP contribution in [-0.4, -0.2) is 16.5 Å². The molecule has 0 saturated carbocycles. The van der Waals surface area contributed by atoms with Crippen molar-refractivity contribution < 1.29 is 0 Å². The van der Waals surface area contributed by atoms with E-state index in [0.717, 1.165) is 18.8 Å². The summed E-state index contributed by atoms with van der Waals surface area (Å²) < 4.78 is 0. The number of hydrogen-bond acceptors (Lipinski definition) is 5. The largest absolute Gasteiger partial charge is 0.370 e. The standard InChI is InChI=1S/C10H19N5/c1-10(2,3)4-5-12-8-6-9(15-11)14-7-13-8/h6-7H,4-5,11H2,1-3H3,(H2,12,13,14,15). The highest BCUT2D eigenvalue weighted by Crippen LogP contribution is 2.18. The summed E-state index contributed by atoms with van der Waals surface area (Å²) in [7, 11) is 0. The molecule has 0 saturated heterocycles. The number of aromatic nitrogens is 2. The van der Waals surface area contributed by atoms with E-state index in [0.29, 0.717) is 11.2 Å². The summed E-state index contributed by atoms with van der Waals surface area (Å²) in [6, 6.07) is 1.78. The minimum atomic E-state index is 0.328. The summed E-state index contributed by atoms with van der Waals surface area (Å²) in [6.07, 6.45) is 2.57. The third kappa shape index (κ3) is 4.60. The molecule has 84 valence electrons. The fraction of sp³-hybridized carbons (Fsp3) is 0.600. The number of nitrogens with zero attached hydrogens (tertiary/aromatic N) is 2. The molecule has 1 aromatic heterocycles. The molecular formula is C10H19N5. The van der Waals surface area contributed by atoms with Crippen LogP contribution in [0.2, 0.25) is 0 Å². The highest BCUT2D eigenvalue weighted by Gasteiger charge is 2.09. The number of hydrogen-bond donors (Lipinski definition) is 3. The lowest BCUT2D eigenvalue weighted by atomic mass is 9.92. The summed E-state index contributed by atoms with van der Waals surface area (Å²) in [4.78, 5) is 8.02. The highest BCUT2D eigenvalue weighted by atomic mass is 15.3. The van der Waals surface area contributed by atoms with Crippen molar-refractivity contribution in [1.82, 2.24) is 9.97 Å². The van der Waals surface area contributed by atoms with E-state index in [1.54, 1.807) is 6.07 Å². The van der Waals surface area contributed by atoms with Gasteiger partial charge in [0.25, 0.3) is 0 Å². The van der Waals surface area contributed by atoms with Crippen LogP contribution in [0.25, 0.3) is 0 Å². The number of nitrogens with two attached hydrogens (primary N) is 1. The van der Waals surface area contributed by atoms with Crippen molar-refractivity contribution in [3.05, 3.63) is 12.4 Å². The molecule has 0 aliphatic heterocycles. The molecule has 0 fully saturated rings. The van der Waals surface area contributed by atoms with Gasteiger partial charge < -0.3 is 10.7 Å². The van der Waals surface area contributed by atoms with E-state index < -0.39 is 0 Å². The van der Waals surface area contributed by atoms with E-state index in [-0.39, 0.29) is 0 Å². The Bertz CT molecular complexity index is 305. The lowest BCUT2D eigenvalue weighted by Crippen LogP contribution is -2.14. The van der Waals surface area contributed by atoms with Crippen LogP contribution in [0.15, 0.2) is 12.4 Å². The van der Waals surface area contributed by atoms with Crippen LogP contribution in [0, 0.1) is 5.41 Å². The third-order valence-electron chi connectivity index (χ3n) is 2.00. The lowest BCUT2D eigenvalue weighted by molar-refractivity contribution is 0.389. The minimum Gasteiger partial charge on any atom is -0.370 e. The Morgan fingerprint density at radius 2 is 1.93 bits per heavy atom. The van der Waals surface area contributed by atoms with Gasteiger partial charge in [0.15, 0.2) is 0 Å². The summed E-state index contributed by atoms with van der Waals surface area (Å²) in [5, 5.41) is 3.23. The highest BCUT2D eigenvalue weighted by molar-refractivity contribution is 5.45. The van der Waals surface area contributed by atoms with E-state index in [4.69, 9.17) is 5.84 Å². The van der Waals surface area contributed by atoms with Crippen LogP contribution in [0.5, 0.6) is 0 Å². The molecule has 1 rings (SSSR count). The average molecular weight is 209 g/mol. The zero-order valence-electron chi connectivity index (χ0n) is 9.54. The molecule has 5 heteroatoms. The summed E-state index contributed by atoms with van der Waals surface area (Å²) >= 11 is 0. The summed E-state index contributed by atoms with van der Waals surface area (Å²) in [6.45, 7) is 7.52. The van der Waals surface area contributed by atoms with Crippen molar-refractivity contribution in [2.75, 3.05) is 17.3 Å². The molecule has 0 radical (unpaired) electrons. The zero-order chi connectivity index (χ0) is 11.3. The predicted octanol–water partition coefficient (Wildman–Crippen LogP) is 1.61. The molecule has 0 bridgehead atoms. The molecular weight excluding hydrogens is 190 g/mol. The smallest absolute Gasteiger partial charge is 0.145 e. The molecule has 0 aliphatic carbocycles. The maximum atomic E-state index is 5.25. The molecule has 0 aromatic carbocycles. The molecule has 1 aromatic rings. The molecule has 0 atom stereocenters. The van der Waals surface area contributed by atoms with Gasteiger partial charge in [-0.15, -0.1) is 0 Å². The van der Waals surface area contributed by atoms with Crippen molar-refractivity contribution in [3.63, 3.8) is 0 Å². The molecule has 0 aliphatic rings. The Morgan fingerprint density at radius 1 is 1.27 bits per heavy atom. The van der Waals surface area contributed by atoms with E-state index in [1.165, 1.54) is 6.33 Å². The van der Waals surface area contributed by atoms with Crippen LogP contribution < -0.4 is 16.6 Å². The van der Waals surface area contributed by atoms with Gasteiger partial charge in [-0.2, -0.15) is 0 Å². The van der Waals surface area contributed by atoms with Crippen molar-refractivity contribution >= 4 is 11.6 Å². The zero-order valence-corrected chi connectivity index (χ0v) is 9.54. The van der Waals surface area contributed by atoms with Crippen molar-refractivity contribution in [2.45, 2.75) is 27.2 Å². The maximum absolute atomic E-state index is 5.25. The summed E-state index contributed by atoms with van der Waals surface area (Å²) in [5.74, 6) is 6.66. The number of nitrogen functional groups attached to an aromatic ring is 1. The monoisotopic (exact) mass is 209 g/mol. The van der Waals surface area contributed by atoms with E-state index >= 15 is 0 Å². The number of rotatable bonds is 4. The molecule has 5 nitrogen and oxygen atoms in total. The average Bonchev–Trinajstić information content (AvgIpc) is 2.16. The Hall–Kier alpha value is -1.36. The lowest BCUT2D eigenvalue weighted by Gasteiger charge is -2.18. The van der Waals surface area contributed by atoms with Gasteiger partial charge in [-0.3, -0.25) is 0 Å². The Balaban J connectivity index is 2.44. The first-order chi connectivity index (χ1) is 7.01. The molecule has 0 unspecified atom stereocenters. The topological polar surface area (TPSA) is 75.9 Å². The van der Waals surface area contributed by atoms with Crippen LogP contribution in [0.3, 0.4) is 0 Å². The van der Waals surface area contributed by atoms with E-state index in [2.05, 4.69) is 41.5 Å². The molecule has 15 heavy (non-hydrogen) atoms. The quantitative estimate of drug-likeness (QED) is 0.519. The van der Waals surface area contributed by atoms with Crippen molar-refractivity contribution in [3.8, 4) is 0 Å². The second kappa shape index (κ2) is 4.93. The van der Waals surface area contributed by atoms with Gasteiger partial charge in [0.1, 0.15) is 18.0 Å². The Kier molecular flexibility index (Phi) is 3.85. The predicted molar refractivity (Wildman–Crippen MR) is 62.4 cm³/mol. The molecule has 0 spiro atoms. The summed E-state index contributed by atoms with van der Waals surface area (Å²) in [5.41, 5.74) is 2.81. The number of anilines is 2. The van der Waals surface area contributed by atoms with Crippen LogP contribution in [-0.2, 0) is 0 Å². The fourth-order valence-corrected chi connectivity index (χ4v) is 1.10. The van der Waals surface area contributed by atoms with Crippen LogP contribution in [0.4, 0.5) is 11.6 Å². The van der Waals surface area contributed by atoms with Gasteiger partial charge in [-0.1, -0.05) is 20.8 Å². The first-order valence-corrected chi connectivity index (χ1v) is 5.04. The normalized spacial score (nSPS) is 11.2. The first kappa shape index (κ1) is 11.7. The maximum Gasteiger partial charge on any atom is 0.145 e. The molecule has 0 amide bonds. The van der Waals surface area contributed by atoms with E-state index in [1.807, 2.05) is 0 Å². The second-order valence-electron chi connectivity index (χ2n) is 4.67. The van der Waals surface area contributed by atoms with Crippen LogP contribution >= 0.6 is 0 Å². The SMILES string of the molecule is CC(C)(C)CCNc1cc(NN)ncn1. The van der Waals surface area contributed by atoms with E-state index in [9.17, 15) is 0 Å². The minimum absolute atomic E-state index is 0.328. The number of nitrogens with one attached hydrogen (secondary N) is 2. The first-order valence-electron chi connectivity index (χ1n) is 5.04. The van der Waals surface area contributed by atoms with Gasteiger partial charge in [0, 0.05) is 12.6 Å². The third-order valence-corrected chi connectivity index (χ3v) is 2.00. The molecule has 1 heterocycles. The molecule has 4 N–H and O–H groups in total. The fourth-order valence-electron chi connectivity index (χ4n) is 1.10. The van der Waals surface area contributed by atoms with Gasteiger partial charge in [-0.25, -0.2) is 15.8 Å². The van der Waals surface area contributed by atoms with Crippen molar-refractivity contribution in [1.29, 1.82) is 0 Å². The van der Waals surface area contributed by atoms with Gasteiger partial charge in [-0.05, 0) is 11.8 Å². The van der Waals surface area contributed by atoms with Crippen molar-refractivity contribution in [2.24, 2.45) is 11.3 Å². The van der Waals surface area contributed by atoms with Gasteiger partial charge >= 0.3 is 0 Å². The Morgan fingerprint density at radius 3 is 2.53 bits per heavy atom. The van der Waals surface area contributed by atoms with Gasteiger partial charge in [0.2, 0.25) is 0 Å². The van der Waals surface area contributed by atoms with Gasteiger partial charge in [0.05, 0.1) is 0 Å². The Labute approximate surface area is 90.5 Å².